The highest BCUT2D eigenvalue weighted by molar-refractivity contribution is 7.99. The number of nitrogens with zero attached hydrogens (tertiary/aromatic N) is 3. The number of thioether (sulfide) groups is 1. The second-order valence-corrected chi connectivity index (χ2v) is 7.65. The normalized spacial score (nSPS) is 12.5. The summed E-state index contributed by atoms with van der Waals surface area (Å²) in [5.74, 6) is 0.409. The molecule has 26 heavy (non-hydrogen) atoms. The number of carbonyl (C=O) groups is 1. The molecular weight excluding hydrogens is 348 g/mol. The minimum Gasteiger partial charge on any atom is -0.353 e. The van der Waals surface area contributed by atoms with Crippen LogP contribution in [0.2, 0.25) is 0 Å². The van der Waals surface area contributed by atoms with Crippen LogP contribution in [0.1, 0.15) is 58.7 Å². The summed E-state index contributed by atoms with van der Waals surface area (Å²) >= 11 is 1.36. The summed E-state index contributed by atoms with van der Waals surface area (Å²) in [7, 11) is 0. The molecule has 0 fully saturated rings. The van der Waals surface area contributed by atoms with Crippen molar-refractivity contribution >= 4 is 28.7 Å². The van der Waals surface area contributed by atoms with Gasteiger partial charge in [-0.1, -0.05) is 32.5 Å². The van der Waals surface area contributed by atoms with Crippen molar-refractivity contribution in [1.82, 2.24) is 19.4 Å². The molecule has 0 spiro atoms. The number of carbonyl (C=O) groups excluding carboxylic acids is 1. The molecule has 7 heteroatoms. The predicted molar refractivity (Wildman–Crippen MR) is 108 cm³/mol. The number of amides is 1. The first-order valence-electron chi connectivity index (χ1n) is 9.45. The van der Waals surface area contributed by atoms with Crippen LogP contribution < -0.4 is 5.56 Å². The van der Waals surface area contributed by atoms with Crippen LogP contribution in [0, 0.1) is 6.92 Å². The third kappa shape index (κ3) is 4.50. The van der Waals surface area contributed by atoms with Crippen LogP contribution in [0.15, 0.2) is 16.0 Å². The van der Waals surface area contributed by atoms with Gasteiger partial charge in [-0.05, 0) is 39.2 Å². The molecule has 2 aromatic rings. The first-order chi connectivity index (χ1) is 12.4. The van der Waals surface area contributed by atoms with E-state index in [0.29, 0.717) is 21.9 Å². The van der Waals surface area contributed by atoms with Gasteiger partial charge in [0.05, 0.1) is 11.3 Å². The minimum absolute atomic E-state index is 0.0306. The van der Waals surface area contributed by atoms with E-state index in [9.17, 15) is 9.59 Å². The first kappa shape index (κ1) is 20.6. The zero-order valence-electron chi connectivity index (χ0n) is 16.5. The van der Waals surface area contributed by atoms with Crippen molar-refractivity contribution < 1.29 is 4.79 Å². The molecule has 0 aliphatic heterocycles. The van der Waals surface area contributed by atoms with E-state index in [0.717, 1.165) is 38.0 Å². The molecule has 0 unspecified atom stereocenters. The molecule has 2 aromatic heterocycles. The highest BCUT2D eigenvalue weighted by Crippen LogP contribution is 2.23. The average Bonchev–Trinajstić information content (AvgIpc) is 2.99. The molecule has 0 saturated carbocycles. The van der Waals surface area contributed by atoms with E-state index < -0.39 is 0 Å². The van der Waals surface area contributed by atoms with Gasteiger partial charge in [0.25, 0.3) is 5.56 Å². The number of nitrogens with one attached hydrogen (secondary N) is 1. The van der Waals surface area contributed by atoms with Gasteiger partial charge in [-0.2, -0.15) is 0 Å². The maximum atomic E-state index is 12.9. The van der Waals surface area contributed by atoms with Gasteiger partial charge < -0.3 is 9.88 Å². The van der Waals surface area contributed by atoms with Crippen molar-refractivity contribution in [2.24, 2.45) is 0 Å². The van der Waals surface area contributed by atoms with Gasteiger partial charge in [0.2, 0.25) is 5.91 Å². The summed E-state index contributed by atoms with van der Waals surface area (Å²) in [6.07, 6.45) is 2.72. The maximum absolute atomic E-state index is 12.9. The summed E-state index contributed by atoms with van der Waals surface area (Å²) in [4.78, 5) is 35.2. The number of rotatable bonds is 9. The molecule has 0 bridgehead atoms. The van der Waals surface area contributed by atoms with Gasteiger partial charge in [0, 0.05) is 24.8 Å². The molecular formula is C19H30N4O2S. The van der Waals surface area contributed by atoms with Crippen LogP contribution in [0.25, 0.3) is 11.0 Å². The topological polar surface area (TPSA) is 71.0 Å². The minimum atomic E-state index is -0.0635. The third-order valence-electron chi connectivity index (χ3n) is 4.48. The van der Waals surface area contributed by atoms with Crippen LogP contribution in [-0.4, -0.2) is 44.2 Å². The fourth-order valence-electron chi connectivity index (χ4n) is 2.98. The van der Waals surface area contributed by atoms with Crippen LogP contribution in [0.3, 0.4) is 0 Å². The van der Waals surface area contributed by atoms with Crippen LogP contribution >= 0.6 is 11.8 Å². The number of aromatic nitrogens is 3. The summed E-state index contributed by atoms with van der Waals surface area (Å²) < 4.78 is 1.72. The van der Waals surface area contributed by atoms with Gasteiger partial charge in [0.1, 0.15) is 5.52 Å². The number of hydrogen-bond donors (Lipinski definition) is 1. The predicted octanol–water partition coefficient (Wildman–Crippen LogP) is 3.74. The Balaban J connectivity index is 2.32. The molecule has 1 N–H and O–H groups in total. The van der Waals surface area contributed by atoms with E-state index in [2.05, 4.69) is 23.8 Å². The van der Waals surface area contributed by atoms with E-state index in [1.54, 1.807) is 4.57 Å². The molecule has 1 amide bonds. The van der Waals surface area contributed by atoms with Gasteiger partial charge in [-0.25, -0.2) is 4.98 Å². The molecule has 2 heterocycles. The third-order valence-corrected chi connectivity index (χ3v) is 5.42. The van der Waals surface area contributed by atoms with E-state index in [1.165, 1.54) is 11.8 Å². The lowest BCUT2D eigenvalue weighted by Crippen LogP contribution is -2.34. The highest BCUT2D eigenvalue weighted by atomic mass is 32.2. The van der Waals surface area contributed by atoms with Gasteiger partial charge >= 0.3 is 0 Å². The van der Waals surface area contributed by atoms with Gasteiger partial charge in [0.15, 0.2) is 5.16 Å². The average molecular weight is 379 g/mol. The number of aromatic amines is 1. The van der Waals surface area contributed by atoms with E-state index in [-0.39, 0.29) is 17.5 Å². The largest absolute Gasteiger partial charge is 0.353 e. The fraction of sp³-hybridized carbons (Fsp3) is 0.632. The Hall–Kier alpha value is -1.76. The SMILES string of the molecule is CCCN(CCC)C(=O)CSc1nc2cc(C)[nH]c2c(=O)n1[C@H](C)CC. The smallest absolute Gasteiger partial charge is 0.278 e. The lowest BCUT2D eigenvalue weighted by atomic mass is 10.2. The van der Waals surface area contributed by atoms with Crippen molar-refractivity contribution in [2.75, 3.05) is 18.8 Å². The van der Waals surface area contributed by atoms with Crippen molar-refractivity contribution in [3.63, 3.8) is 0 Å². The Kier molecular flexibility index (Phi) is 7.32. The molecule has 144 valence electrons. The summed E-state index contributed by atoms with van der Waals surface area (Å²) in [5.41, 5.74) is 2.06. The number of fused-ring (bicyclic) bond motifs is 1. The lowest BCUT2D eigenvalue weighted by Gasteiger charge is -2.22. The molecule has 0 aliphatic carbocycles. The number of aryl methyl sites for hydroxylation is 1. The molecule has 0 aromatic carbocycles. The number of H-pyrrole nitrogens is 1. The van der Waals surface area contributed by atoms with Gasteiger partial charge in [-0.3, -0.25) is 14.2 Å². The zero-order valence-corrected chi connectivity index (χ0v) is 17.3. The molecule has 0 saturated heterocycles. The molecule has 1 atom stereocenters. The Morgan fingerprint density at radius 3 is 2.54 bits per heavy atom. The standard InChI is InChI=1S/C19H30N4O2S/c1-6-9-22(10-7-2)16(24)12-26-19-21-15-11-13(4)20-17(15)18(25)23(19)14(5)8-3/h11,14,20H,6-10,12H2,1-5H3/t14-/m1/s1. The Morgan fingerprint density at radius 1 is 1.31 bits per heavy atom. The molecule has 6 nitrogen and oxygen atoms in total. The molecule has 0 aliphatic rings. The summed E-state index contributed by atoms with van der Waals surface area (Å²) in [6, 6.07) is 1.91. The first-order valence-corrected chi connectivity index (χ1v) is 10.4. The Bertz CT molecular complexity index is 806. The summed E-state index contributed by atoms with van der Waals surface area (Å²) in [5, 5.41) is 0.622. The summed E-state index contributed by atoms with van der Waals surface area (Å²) in [6.45, 7) is 11.7. The maximum Gasteiger partial charge on any atom is 0.278 e. The second kappa shape index (κ2) is 9.26. The van der Waals surface area contributed by atoms with Crippen molar-refractivity contribution in [3.8, 4) is 0 Å². The van der Waals surface area contributed by atoms with Crippen molar-refractivity contribution in [1.29, 1.82) is 0 Å². The quantitative estimate of drug-likeness (QED) is 0.533. The van der Waals surface area contributed by atoms with Crippen molar-refractivity contribution in [2.45, 2.75) is 65.1 Å². The Morgan fingerprint density at radius 2 is 1.96 bits per heavy atom. The zero-order chi connectivity index (χ0) is 19.3. The van der Waals surface area contributed by atoms with Crippen molar-refractivity contribution in [3.05, 3.63) is 22.1 Å². The van der Waals surface area contributed by atoms with E-state index in [4.69, 9.17) is 0 Å². The second-order valence-electron chi connectivity index (χ2n) is 6.71. The van der Waals surface area contributed by atoms with Gasteiger partial charge in [-0.15, -0.1) is 0 Å². The Labute approximate surface area is 159 Å². The van der Waals surface area contributed by atoms with Crippen LogP contribution in [-0.2, 0) is 4.79 Å². The fourth-order valence-corrected chi connectivity index (χ4v) is 3.98. The molecule has 0 radical (unpaired) electrons. The number of hydrogen-bond acceptors (Lipinski definition) is 4. The molecule has 2 rings (SSSR count). The van der Waals surface area contributed by atoms with E-state index >= 15 is 0 Å². The van der Waals surface area contributed by atoms with Crippen LogP contribution in [0.4, 0.5) is 0 Å². The van der Waals surface area contributed by atoms with E-state index in [1.807, 2.05) is 31.7 Å². The highest BCUT2D eigenvalue weighted by Gasteiger charge is 2.19. The lowest BCUT2D eigenvalue weighted by molar-refractivity contribution is -0.128. The van der Waals surface area contributed by atoms with Crippen LogP contribution in [0.5, 0.6) is 0 Å². The monoisotopic (exact) mass is 378 g/mol.